The average molecular weight is 293 g/mol. The van der Waals surface area contributed by atoms with E-state index in [1.165, 1.54) is 0 Å². The Morgan fingerprint density at radius 1 is 1.55 bits per heavy atom. The number of thiazole rings is 1. The Kier molecular flexibility index (Phi) is 3.88. The van der Waals surface area contributed by atoms with Crippen LogP contribution in [-0.4, -0.2) is 41.5 Å². The third-order valence-corrected chi connectivity index (χ3v) is 4.20. The Balaban J connectivity index is 1.95. The second kappa shape index (κ2) is 5.80. The number of imidazole rings is 1. The van der Waals surface area contributed by atoms with Crippen molar-refractivity contribution in [3.63, 3.8) is 0 Å². The number of carbonyl (C=O) groups is 1. The summed E-state index contributed by atoms with van der Waals surface area (Å²) >= 11 is 1.62. The normalized spacial score (nSPS) is 16.4. The Hall–Kier alpha value is -1.60. The van der Waals surface area contributed by atoms with Crippen molar-refractivity contribution in [3.05, 3.63) is 17.3 Å². The molecule has 1 aliphatic heterocycles. The van der Waals surface area contributed by atoms with Crippen LogP contribution in [0.3, 0.4) is 0 Å². The van der Waals surface area contributed by atoms with Crippen LogP contribution in [0.5, 0.6) is 0 Å². The Morgan fingerprint density at radius 3 is 3.30 bits per heavy atom. The molecule has 3 heterocycles. The van der Waals surface area contributed by atoms with Crippen molar-refractivity contribution < 1.29 is 4.79 Å². The van der Waals surface area contributed by atoms with Crippen LogP contribution in [0.2, 0.25) is 0 Å². The SMILES string of the molecule is CCNCc1c(N2CCCNC(=O)C2)nc2sccn12. The highest BCUT2D eigenvalue weighted by atomic mass is 32.1. The summed E-state index contributed by atoms with van der Waals surface area (Å²) in [6.07, 6.45) is 3.00. The molecule has 2 aromatic heterocycles. The minimum atomic E-state index is 0.0771. The molecule has 0 radical (unpaired) electrons. The van der Waals surface area contributed by atoms with Crippen molar-refractivity contribution in [1.29, 1.82) is 0 Å². The molecule has 0 aliphatic carbocycles. The van der Waals surface area contributed by atoms with Gasteiger partial charge in [0.1, 0.15) is 0 Å². The fourth-order valence-corrected chi connectivity index (χ4v) is 3.20. The molecule has 1 saturated heterocycles. The molecule has 2 aromatic rings. The second-order valence-corrected chi connectivity index (χ2v) is 5.72. The highest BCUT2D eigenvalue weighted by molar-refractivity contribution is 7.15. The summed E-state index contributed by atoms with van der Waals surface area (Å²) in [5.74, 6) is 1.02. The number of anilines is 1. The van der Waals surface area contributed by atoms with Gasteiger partial charge in [0.25, 0.3) is 0 Å². The van der Waals surface area contributed by atoms with Crippen LogP contribution in [0.15, 0.2) is 11.6 Å². The predicted molar refractivity (Wildman–Crippen MR) is 80.3 cm³/mol. The van der Waals surface area contributed by atoms with E-state index in [0.29, 0.717) is 6.54 Å². The first-order valence-corrected chi connectivity index (χ1v) is 7.84. The number of nitrogens with zero attached hydrogens (tertiary/aromatic N) is 3. The Bertz CT molecular complexity index is 605. The van der Waals surface area contributed by atoms with Crippen LogP contribution in [0.1, 0.15) is 19.0 Å². The molecule has 1 aliphatic rings. The highest BCUT2D eigenvalue weighted by Gasteiger charge is 2.22. The third-order valence-electron chi connectivity index (χ3n) is 3.44. The topological polar surface area (TPSA) is 61.7 Å². The molecule has 6 nitrogen and oxygen atoms in total. The van der Waals surface area contributed by atoms with E-state index in [1.807, 2.05) is 11.6 Å². The Labute approximate surface area is 121 Å². The van der Waals surface area contributed by atoms with Gasteiger partial charge in [0.05, 0.1) is 12.2 Å². The molecule has 0 bridgehead atoms. The summed E-state index contributed by atoms with van der Waals surface area (Å²) in [6, 6.07) is 0. The first-order chi connectivity index (χ1) is 9.79. The number of nitrogens with one attached hydrogen (secondary N) is 2. The van der Waals surface area contributed by atoms with Gasteiger partial charge in [0.15, 0.2) is 10.8 Å². The largest absolute Gasteiger partial charge is 0.354 e. The molecule has 1 fully saturated rings. The van der Waals surface area contributed by atoms with Gasteiger partial charge >= 0.3 is 0 Å². The number of aromatic nitrogens is 2. The number of fused-ring (bicyclic) bond motifs is 1. The highest BCUT2D eigenvalue weighted by Crippen LogP contribution is 2.25. The molecule has 108 valence electrons. The first kappa shape index (κ1) is 13.4. The molecule has 0 saturated carbocycles. The third kappa shape index (κ3) is 2.51. The predicted octanol–water partition coefficient (Wildman–Crippen LogP) is 0.832. The van der Waals surface area contributed by atoms with Gasteiger partial charge in [-0.2, -0.15) is 0 Å². The molecule has 0 unspecified atom stereocenters. The van der Waals surface area contributed by atoms with Gasteiger partial charge in [-0.1, -0.05) is 6.92 Å². The Morgan fingerprint density at radius 2 is 2.45 bits per heavy atom. The molecular formula is C13H19N5OS. The fraction of sp³-hybridized carbons (Fsp3) is 0.538. The van der Waals surface area contributed by atoms with E-state index in [0.717, 1.165) is 49.1 Å². The van der Waals surface area contributed by atoms with Gasteiger partial charge < -0.3 is 15.5 Å². The number of hydrogen-bond acceptors (Lipinski definition) is 5. The van der Waals surface area contributed by atoms with Crippen LogP contribution in [0.25, 0.3) is 4.96 Å². The molecule has 0 spiro atoms. The maximum Gasteiger partial charge on any atom is 0.239 e. The van der Waals surface area contributed by atoms with Crippen molar-refractivity contribution >= 4 is 28.0 Å². The van der Waals surface area contributed by atoms with E-state index in [4.69, 9.17) is 4.98 Å². The molecule has 0 aromatic carbocycles. The molecule has 3 rings (SSSR count). The number of hydrogen-bond donors (Lipinski definition) is 2. The zero-order valence-electron chi connectivity index (χ0n) is 11.6. The quantitative estimate of drug-likeness (QED) is 0.876. The zero-order chi connectivity index (χ0) is 13.9. The summed E-state index contributed by atoms with van der Waals surface area (Å²) < 4.78 is 2.12. The standard InChI is InChI=1S/C13H19N5OS/c1-2-14-8-10-12(16-13-18(10)6-7-20-13)17-5-3-4-15-11(19)9-17/h6-7,14H,2-5,8-9H2,1H3,(H,15,19). The molecule has 20 heavy (non-hydrogen) atoms. The lowest BCUT2D eigenvalue weighted by atomic mass is 10.3. The minimum Gasteiger partial charge on any atom is -0.354 e. The summed E-state index contributed by atoms with van der Waals surface area (Å²) in [5.41, 5.74) is 1.14. The van der Waals surface area contributed by atoms with E-state index in [2.05, 4.69) is 26.9 Å². The van der Waals surface area contributed by atoms with Gasteiger partial charge in [-0.05, 0) is 13.0 Å². The van der Waals surface area contributed by atoms with Gasteiger partial charge in [-0.3, -0.25) is 9.20 Å². The fourth-order valence-electron chi connectivity index (χ4n) is 2.47. The van der Waals surface area contributed by atoms with Crippen molar-refractivity contribution in [2.45, 2.75) is 19.9 Å². The van der Waals surface area contributed by atoms with Crippen LogP contribution >= 0.6 is 11.3 Å². The zero-order valence-corrected chi connectivity index (χ0v) is 12.4. The summed E-state index contributed by atoms with van der Waals surface area (Å²) in [5, 5.41) is 8.30. The molecule has 7 heteroatoms. The maximum atomic E-state index is 11.7. The maximum absolute atomic E-state index is 11.7. The van der Waals surface area contributed by atoms with Gasteiger partial charge in [-0.15, -0.1) is 11.3 Å². The molecule has 0 atom stereocenters. The number of rotatable bonds is 4. The lowest BCUT2D eigenvalue weighted by Crippen LogP contribution is -2.34. The summed E-state index contributed by atoms with van der Waals surface area (Å²) in [6.45, 7) is 5.77. The van der Waals surface area contributed by atoms with Crippen molar-refractivity contribution in [2.24, 2.45) is 0 Å². The molecular weight excluding hydrogens is 274 g/mol. The molecule has 2 N–H and O–H groups in total. The molecule has 1 amide bonds. The monoisotopic (exact) mass is 293 g/mol. The van der Waals surface area contributed by atoms with Crippen LogP contribution in [0.4, 0.5) is 5.82 Å². The van der Waals surface area contributed by atoms with E-state index >= 15 is 0 Å². The van der Waals surface area contributed by atoms with Crippen LogP contribution in [0, 0.1) is 0 Å². The van der Waals surface area contributed by atoms with Crippen molar-refractivity contribution in [2.75, 3.05) is 31.1 Å². The smallest absolute Gasteiger partial charge is 0.239 e. The summed E-state index contributed by atoms with van der Waals surface area (Å²) in [4.78, 5) is 19.5. The second-order valence-electron chi connectivity index (χ2n) is 4.84. The van der Waals surface area contributed by atoms with E-state index in [-0.39, 0.29) is 5.91 Å². The van der Waals surface area contributed by atoms with Gasteiger partial charge in [0.2, 0.25) is 5.91 Å². The first-order valence-electron chi connectivity index (χ1n) is 6.96. The van der Waals surface area contributed by atoms with Crippen LogP contribution < -0.4 is 15.5 Å². The van der Waals surface area contributed by atoms with Gasteiger partial charge in [-0.25, -0.2) is 4.98 Å². The van der Waals surface area contributed by atoms with Gasteiger partial charge in [0, 0.05) is 31.2 Å². The minimum absolute atomic E-state index is 0.0771. The van der Waals surface area contributed by atoms with E-state index in [1.54, 1.807) is 11.3 Å². The number of carbonyl (C=O) groups excluding carboxylic acids is 1. The van der Waals surface area contributed by atoms with Crippen molar-refractivity contribution in [1.82, 2.24) is 20.0 Å². The lowest BCUT2D eigenvalue weighted by Gasteiger charge is -2.20. The summed E-state index contributed by atoms with van der Waals surface area (Å²) in [7, 11) is 0. The van der Waals surface area contributed by atoms with E-state index in [9.17, 15) is 4.79 Å². The average Bonchev–Trinajstić information content (AvgIpc) is 2.94. The number of amides is 1. The van der Waals surface area contributed by atoms with E-state index < -0.39 is 0 Å². The van der Waals surface area contributed by atoms with Crippen LogP contribution in [-0.2, 0) is 11.3 Å². The van der Waals surface area contributed by atoms with Crippen molar-refractivity contribution in [3.8, 4) is 0 Å². The lowest BCUT2D eigenvalue weighted by molar-refractivity contribution is -0.119.